The van der Waals surface area contributed by atoms with Crippen LogP contribution in [0, 0.1) is 0 Å². The molecule has 2 aliphatic rings. The Bertz CT molecular complexity index is 1130. The number of hydrogen-bond acceptors (Lipinski definition) is 6. The van der Waals surface area contributed by atoms with E-state index in [1.54, 1.807) is 12.0 Å². The molecule has 2 amide bonds. The van der Waals surface area contributed by atoms with E-state index in [1.165, 1.54) is 0 Å². The van der Waals surface area contributed by atoms with Crippen LogP contribution in [-0.2, 0) is 19.7 Å². The number of hydrogen-bond donors (Lipinski definition) is 0. The van der Waals surface area contributed by atoms with Gasteiger partial charge in [0.25, 0.3) is 0 Å². The Morgan fingerprint density at radius 2 is 1.84 bits per heavy atom. The molecule has 8 nitrogen and oxygen atoms in total. The molecule has 0 bridgehead atoms. The molecule has 200 valence electrons. The molecule has 2 aromatic rings. The maximum Gasteiger partial charge on any atom is 0.410 e. The summed E-state index contributed by atoms with van der Waals surface area (Å²) in [4.78, 5) is 37.1. The lowest BCUT2D eigenvalue weighted by Crippen LogP contribution is -2.62. The van der Waals surface area contributed by atoms with Crippen LogP contribution in [0.2, 0.25) is 0 Å². The first kappa shape index (κ1) is 27.1. The van der Waals surface area contributed by atoms with Gasteiger partial charge in [0.2, 0.25) is 5.91 Å². The molecule has 0 aliphatic carbocycles. The minimum atomic E-state index is -0.565. The maximum absolute atomic E-state index is 13.8. The van der Waals surface area contributed by atoms with Gasteiger partial charge in [-0.1, -0.05) is 44.2 Å². The lowest BCUT2D eigenvalue weighted by atomic mass is 9.88. The number of anilines is 1. The predicted molar refractivity (Wildman–Crippen MR) is 145 cm³/mol. The highest BCUT2D eigenvalue weighted by Gasteiger charge is 2.41. The number of aromatic nitrogens is 1. The van der Waals surface area contributed by atoms with E-state index in [0.29, 0.717) is 26.2 Å². The van der Waals surface area contributed by atoms with Gasteiger partial charge in [0.15, 0.2) is 0 Å². The second-order valence-electron chi connectivity index (χ2n) is 11.8. The lowest BCUT2D eigenvalue weighted by Gasteiger charge is -2.45. The Labute approximate surface area is 220 Å². The molecule has 0 saturated carbocycles. The van der Waals surface area contributed by atoms with Crippen LogP contribution in [0.25, 0.3) is 11.3 Å². The van der Waals surface area contributed by atoms with Crippen molar-refractivity contribution in [1.29, 1.82) is 0 Å². The van der Waals surface area contributed by atoms with Crippen LogP contribution in [0.1, 0.15) is 47.1 Å². The monoisotopic (exact) mass is 508 g/mol. The Kier molecular flexibility index (Phi) is 7.62. The molecule has 0 radical (unpaired) electrons. The van der Waals surface area contributed by atoms with E-state index in [0.717, 1.165) is 22.5 Å². The molecule has 1 fully saturated rings. The first-order chi connectivity index (χ1) is 17.4. The quantitative estimate of drug-likeness (QED) is 0.599. The van der Waals surface area contributed by atoms with Gasteiger partial charge in [-0.15, -0.1) is 0 Å². The standard InChI is InChI=1S/C29H40N4O4/c1-20-15-31(22(18-36-7)16-32(20)27(35)37-28(2,3)4)17-26(34)33-19-29(5,6)23-14-30-24(13-25(23)33)21-11-9-8-10-12-21/h8-14,20,22H,15-19H2,1-7H3/t20-,22-/m1/s1. The van der Waals surface area contributed by atoms with Crippen molar-refractivity contribution >= 4 is 17.7 Å². The number of ether oxygens (including phenoxy) is 2. The molecule has 0 N–H and O–H groups in total. The predicted octanol–water partition coefficient (Wildman–Crippen LogP) is 4.33. The average Bonchev–Trinajstić information content (AvgIpc) is 3.10. The number of benzene rings is 1. The van der Waals surface area contributed by atoms with E-state index in [2.05, 4.69) is 18.7 Å². The van der Waals surface area contributed by atoms with Crippen LogP contribution < -0.4 is 4.90 Å². The number of fused-ring (bicyclic) bond motifs is 1. The summed E-state index contributed by atoms with van der Waals surface area (Å²) >= 11 is 0. The van der Waals surface area contributed by atoms with Crippen LogP contribution >= 0.6 is 0 Å². The molecule has 0 unspecified atom stereocenters. The summed E-state index contributed by atoms with van der Waals surface area (Å²) in [5, 5.41) is 0. The number of amides is 2. The van der Waals surface area contributed by atoms with Gasteiger partial charge in [0.1, 0.15) is 5.60 Å². The van der Waals surface area contributed by atoms with Crippen molar-refractivity contribution in [3.63, 3.8) is 0 Å². The molecule has 2 aliphatic heterocycles. The van der Waals surface area contributed by atoms with E-state index in [4.69, 9.17) is 14.5 Å². The Balaban J connectivity index is 1.54. The first-order valence-corrected chi connectivity index (χ1v) is 13.0. The largest absolute Gasteiger partial charge is 0.444 e. The third-order valence-corrected chi connectivity index (χ3v) is 7.11. The normalized spacial score (nSPS) is 21.6. The summed E-state index contributed by atoms with van der Waals surface area (Å²) in [6.07, 6.45) is 1.59. The van der Waals surface area contributed by atoms with Gasteiger partial charge >= 0.3 is 6.09 Å². The summed E-state index contributed by atoms with van der Waals surface area (Å²) < 4.78 is 11.1. The lowest BCUT2D eigenvalue weighted by molar-refractivity contribution is -0.121. The third kappa shape index (κ3) is 5.96. The number of carbonyl (C=O) groups excluding carboxylic acids is 2. The van der Waals surface area contributed by atoms with Crippen LogP contribution in [0.4, 0.5) is 10.5 Å². The van der Waals surface area contributed by atoms with Crippen molar-refractivity contribution in [1.82, 2.24) is 14.8 Å². The third-order valence-electron chi connectivity index (χ3n) is 7.11. The summed E-state index contributed by atoms with van der Waals surface area (Å²) in [6.45, 7) is 14.2. The first-order valence-electron chi connectivity index (χ1n) is 13.0. The van der Waals surface area contributed by atoms with Crippen LogP contribution in [0.15, 0.2) is 42.6 Å². The smallest absolute Gasteiger partial charge is 0.410 e. The minimum absolute atomic E-state index is 0.0380. The molecular weight excluding hydrogens is 468 g/mol. The van der Waals surface area contributed by atoms with Crippen LogP contribution in [-0.4, -0.2) is 84.4 Å². The van der Waals surface area contributed by atoms with Crippen molar-refractivity contribution < 1.29 is 19.1 Å². The van der Waals surface area contributed by atoms with E-state index in [-0.39, 0.29) is 36.0 Å². The molecular formula is C29H40N4O4. The topological polar surface area (TPSA) is 75.2 Å². The van der Waals surface area contributed by atoms with Crippen LogP contribution in [0.5, 0.6) is 0 Å². The molecule has 37 heavy (non-hydrogen) atoms. The molecule has 2 atom stereocenters. The van der Waals surface area contributed by atoms with E-state index in [1.807, 2.05) is 75.2 Å². The highest BCUT2D eigenvalue weighted by Crippen LogP contribution is 2.41. The zero-order valence-electron chi connectivity index (χ0n) is 23.2. The molecule has 4 rings (SSSR count). The fourth-order valence-electron chi connectivity index (χ4n) is 5.23. The summed E-state index contributed by atoms with van der Waals surface area (Å²) in [5.41, 5.74) is 3.12. The SMILES string of the molecule is COC[C@H]1CN(C(=O)OC(C)(C)C)[C@H](C)CN1CC(=O)N1CC(C)(C)c2cnc(-c3ccccc3)cc21. The zero-order valence-corrected chi connectivity index (χ0v) is 23.2. The molecule has 1 aromatic heterocycles. The van der Waals surface area contributed by atoms with Crippen LogP contribution in [0.3, 0.4) is 0 Å². The molecule has 3 heterocycles. The Morgan fingerprint density at radius 3 is 2.49 bits per heavy atom. The number of pyridine rings is 1. The van der Waals surface area contributed by atoms with Crippen molar-refractivity contribution in [2.24, 2.45) is 0 Å². The Hall–Kier alpha value is -2.97. The minimum Gasteiger partial charge on any atom is -0.444 e. The van der Waals surface area contributed by atoms with Gasteiger partial charge in [-0.3, -0.25) is 14.7 Å². The molecule has 1 saturated heterocycles. The van der Waals surface area contributed by atoms with Gasteiger partial charge in [0.05, 0.1) is 30.6 Å². The summed E-state index contributed by atoms with van der Waals surface area (Å²) in [6, 6.07) is 11.9. The highest BCUT2D eigenvalue weighted by atomic mass is 16.6. The van der Waals surface area contributed by atoms with Gasteiger partial charge in [-0.05, 0) is 33.8 Å². The number of rotatable bonds is 5. The molecule has 8 heteroatoms. The fraction of sp³-hybridized carbons (Fsp3) is 0.552. The van der Waals surface area contributed by atoms with Crippen molar-refractivity contribution in [3.8, 4) is 11.3 Å². The van der Waals surface area contributed by atoms with Gasteiger partial charge in [-0.2, -0.15) is 0 Å². The van der Waals surface area contributed by atoms with Gasteiger partial charge in [0, 0.05) is 55.5 Å². The average molecular weight is 509 g/mol. The van der Waals surface area contributed by atoms with E-state index < -0.39 is 5.60 Å². The number of piperazine rings is 1. The Morgan fingerprint density at radius 1 is 1.14 bits per heavy atom. The second kappa shape index (κ2) is 10.4. The number of carbonyl (C=O) groups is 2. The molecule has 0 spiro atoms. The number of nitrogens with zero attached hydrogens (tertiary/aromatic N) is 4. The maximum atomic E-state index is 13.8. The number of methoxy groups -OCH3 is 1. The molecule has 1 aromatic carbocycles. The summed E-state index contributed by atoms with van der Waals surface area (Å²) in [5.74, 6) is 0.0380. The van der Waals surface area contributed by atoms with Crippen molar-refractivity contribution in [2.45, 2.75) is 64.6 Å². The second-order valence-corrected chi connectivity index (χ2v) is 11.8. The van der Waals surface area contributed by atoms with Crippen molar-refractivity contribution in [3.05, 3.63) is 48.2 Å². The van der Waals surface area contributed by atoms with Gasteiger partial charge in [-0.25, -0.2) is 4.79 Å². The van der Waals surface area contributed by atoms with E-state index >= 15 is 0 Å². The highest BCUT2D eigenvalue weighted by molar-refractivity contribution is 5.98. The zero-order chi connectivity index (χ0) is 27.0. The van der Waals surface area contributed by atoms with Gasteiger partial charge < -0.3 is 19.3 Å². The fourth-order valence-corrected chi connectivity index (χ4v) is 5.23. The van der Waals surface area contributed by atoms with E-state index in [9.17, 15) is 9.59 Å². The summed E-state index contributed by atoms with van der Waals surface area (Å²) in [7, 11) is 1.65. The van der Waals surface area contributed by atoms with Crippen molar-refractivity contribution in [2.75, 3.05) is 44.8 Å².